The Kier molecular flexibility index (Phi) is 7.38. The van der Waals surface area contributed by atoms with E-state index in [0.717, 1.165) is 30.9 Å². The molecule has 1 saturated heterocycles. The summed E-state index contributed by atoms with van der Waals surface area (Å²) in [5, 5.41) is 2.81. The third-order valence-electron chi connectivity index (χ3n) is 4.81. The van der Waals surface area contributed by atoms with Crippen molar-refractivity contribution in [3.05, 3.63) is 23.7 Å². The predicted molar refractivity (Wildman–Crippen MR) is 97.1 cm³/mol. The second-order valence-electron chi connectivity index (χ2n) is 7.00. The number of amides is 2. The molecule has 0 aromatic carbocycles. The quantitative estimate of drug-likeness (QED) is 0.726. The van der Waals surface area contributed by atoms with Crippen LogP contribution in [0.15, 0.2) is 16.5 Å². The number of rotatable bonds is 8. The molecule has 3 N–H and O–H groups in total. The third kappa shape index (κ3) is 5.98. The van der Waals surface area contributed by atoms with Gasteiger partial charge in [-0.3, -0.25) is 19.3 Å². The molecule has 1 aromatic rings. The summed E-state index contributed by atoms with van der Waals surface area (Å²) in [6, 6.07) is 3.46. The summed E-state index contributed by atoms with van der Waals surface area (Å²) in [7, 11) is 0. The lowest BCUT2D eigenvalue weighted by Gasteiger charge is -2.18. The molecule has 7 heteroatoms. The zero-order valence-electron chi connectivity index (χ0n) is 15.6. The summed E-state index contributed by atoms with van der Waals surface area (Å²) in [5.74, 6) is 0.851. The van der Waals surface area contributed by atoms with E-state index in [1.807, 2.05) is 19.1 Å². The summed E-state index contributed by atoms with van der Waals surface area (Å²) in [6.45, 7) is 5.42. The van der Waals surface area contributed by atoms with Crippen LogP contribution in [0.1, 0.15) is 51.1 Å². The monoisotopic (exact) mass is 363 g/mol. The van der Waals surface area contributed by atoms with Gasteiger partial charge in [0.1, 0.15) is 11.5 Å². The largest absolute Gasteiger partial charge is 0.465 e. The number of carbonyl (C=O) groups excluding carboxylic acids is 3. The molecule has 2 heterocycles. The lowest BCUT2D eigenvalue weighted by atomic mass is 10.0. The van der Waals surface area contributed by atoms with Gasteiger partial charge in [-0.05, 0) is 37.9 Å². The standard InChI is InChI=1S/C19H29N3O4/c1-3-14-7-8-15(26-14)11-22-10-4-5-16(17(23)12-22)21-18(24)9-6-13(2)19(20)25/h7-8,13,16H,3-6,9-12H2,1-2H3,(H2,20,25)(H,21,24)/t13?,16-/m0/s1. The van der Waals surface area contributed by atoms with Gasteiger partial charge in [0.05, 0.1) is 19.1 Å². The number of nitrogens with one attached hydrogen (secondary N) is 1. The molecule has 0 radical (unpaired) electrons. The maximum absolute atomic E-state index is 12.5. The summed E-state index contributed by atoms with van der Waals surface area (Å²) >= 11 is 0. The molecule has 1 fully saturated rings. The molecule has 1 aliphatic heterocycles. The SMILES string of the molecule is CCc1ccc(CN2CCC[C@H](NC(=O)CCC(C)C(N)=O)C(=O)C2)o1. The highest BCUT2D eigenvalue weighted by molar-refractivity contribution is 5.90. The molecule has 144 valence electrons. The van der Waals surface area contributed by atoms with E-state index in [0.29, 0.717) is 25.9 Å². The molecule has 2 atom stereocenters. The molecule has 0 aliphatic carbocycles. The molecule has 2 amide bonds. The van der Waals surface area contributed by atoms with Crippen molar-refractivity contribution in [3.63, 3.8) is 0 Å². The van der Waals surface area contributed by atoms with E-state index in [4.69, 9.17) is 10.2 Å². The van der Waals surface area contributed by atoms with Crippen molar-refractivity contribution < 1.29 is 18.8 Å². The van der Waals surface area contributed by atoms with Gasteiger partial charge in [-0.25, -0.2) is 0 Å². The summed E-state index contributed by atoms with van der Waals surface area (Å²) in [6.07, 6.45) is 2.90. The Labute approximate surface area is 154 Å². The normalized spacial score (nSPS) is 19.8. The maximum atomic E-state index is 12.5. The van der Waals surface area contributed by atoms with Gasteiger partial charge in [0, 0.05) is 18.8 Å². The smallest absolute Gasteiger partial charge is 0.220 e. The average molecular weight is 363 g/mol. The number of Topliss-reactive ketones (excluding diaryl/α,β-unsaturated/α-hetero) is 1. The van der Waals surface area contributed by atoms with Crippen LogP contribution in [0.5, 0.6) is 0 Å². The van der Waals surface area contributed by atoms with Crippen molar-refractivity contribution in [2.75, 3.05) is 13.1 Å². The fourth-order valence-electron chi connectivity index (χ4n) is 3.05. The second kappa shape index (κ2) is 9.52. The van der Waals surface area contributed by atoms with Crippen LogP contribution in [0.3, 0.4) is 0 Å². The molecule has 7 nitrogen and oxygen atoms in total. The first kappa shape index (κ1) is 20.2. The van der Waals surface area contributed by atoms with Crippen LogP contribution in [0.4, 0.5) is 0 Å². The minimum atomic E-state index is -0.459. The van der Waals surface area contributed by atoms with Crippen LogP contribution < -0.4 is 11.1 Å². The van der Waals surface area contributed by atoms with Gasteiger partial charge < -0.3 is 15.5 Å². The van der Waals surface area contributed by atoms with Crippen LogP contribution in [0.2, 0.25) is 0 Å². The van der Waals surface area contributed by atoms with Gasteiger partial charge >= 0.3 is 0 Å². The van der Waals surface area contributed by atoms with E-state index in [1.54, 1.807) is 6.92 Å². The van der Waals surface area contributed by atoms with E-state index in [1.165, 1.54) is 0 Å². The number of hydrogen-bond donors (Lipinski definition) is 2. The Bertz CT molecular complexity index is 640. The number of furan rings is 1. The van der Waals surface area contributed by atoms with Gasteiger partial charge in [-0.15, -0.1) is 0 Å². The van der Waals surface area contributed by atoms with E-state index in [9.17, 15) is 14.4 Å². The summed E-state index contributed by atoms with van der Waals surface area (Å²) < 4.78 is 5.72. The Morgan fingerprint density at radius 3 is 2.77 bits per heavy atom. The van der Waals surface area contributed by atoms with Crippen molar-refractivity contribution >= 4 is 17.6 Å². The molecule has 1 aliphatic rings. The number of aryl methyl sites for hydroxylation is 1. The van der Waals surface area contributed by atoms with Crippen LogP contribution in [-0.4, -0.2) is 41.6 Å². The molecule has 1 aromatic heterocycles. The van der Waals surface area contributed by atoms with Crippen molar-refractivity contribution in [1.82, 2.24) is 10.2 Å². The van der Waals surface area contributed by atoms with Gasteiger partial charge in [0.2, 0.25) is 11.8 Å². The Balaban J connectivity index is 1.82. The minimum Gasteiger partial charge on any atom is -0.465 e. The van der Waals surface area contributed by atoms with Crippen LogP contribution >= 0.6 is 0 Å². The Hall–Kier alpha value is -2.15. The van der Waals surface area contributed by atoms with Crippen molar-refractivity contribution in [1.29, 1.82) is 0 Å². The lowest BCUT2D eigenvalue weighted by Crippen LogP contribution is -2.43. The lowest BCUT2D eigenvalue weighted by molar-refractivity contribution is -0.128. The number of nitrogens with two attached hydrogens (primary N) is 1. The van der Waals surface area contributed by atoms with Crippen LogP contribution in [-0.2, 0) is 27.3 Å². The average Bonchev–Trinajstić information content (AvgIpc) is 2.98. The molecule has 2 rings (SSSR count). The molecular weight excluding hydrogens is 334 g/mol. The van der Waals surface area contributed by atoms with E-state index >= 15 is 0 Å². The third-order valence-corrected chi connectivity index (χ3v) is 4.81. The second-order valence-corrected chi connectivity index (χ2v) is 7.00. The van der Waals surface area contributed by atoms with E-state index in [-0.39, 0.29) is 24.0 Å². The molecule has 0 spiro atoms. The van der Waals surface area contributed by atoms with Gasteiger partial charge in [0.15, 0.2) is 5.78 Å². The molecule has 1 unspecified atom stereocenters. The van der Waals surface area contributed by atoms with Gasteiger partial charge in [-0.1, -0.05) is 13.8 Å². The van der Waals surface area contributed by atoms with Crippen LogP contribution in [0, 0.1) is 5.92 Å². The Morgan fingerprint density at radius 2 is 2.12 bits per heavy atom. The fraction of sp³-hybridized carbons (Fsp3) is 0.632. The first-order valence-corrected chi connectivity index (χ1v) is 9.30. The van der Waals surface area contributed by atoms with E-state index < -0.39 is 11.9 Å². The van der Waals surface area contributed by atoms with Gasteiger partial charge in [-0.2, -0.15) is 0 Å². The fourth-order valence-corrected chi connectivity index (χ4v) is 3.05. The number of primary amides is 1. The van der Waals surface area contributed by atoms with Crippen molar-refractivity contribution in [3.8, 4) is 0 Å². The summed E-state index contributed by atoms with van der Waals surface area (Å²) in [5.41, 5.74) is 5.20. The molecule has 26 heavy (non-hydrogen) atoms. The van der Waals surface area contributed by atoms with Crippen molar-refractivity contribution in [2.45, 2.75) is 58.5 Å². The minimum absolute atomic E-state index is 0.0149. The highest BCUT2D eigenvalue weighted by Crippen LogP contribution is 2.15. The number of nitrogens with zero attached hydrogens (tertiary/aromatic N) is 1. The zero-order chi connectivity index (χ0) is 19.1. The topological polar surface area (TPSA) is 106 Å². The maximum Gasteiger partial charge on any atom is 0.220 e. The highest BCUT2D eigenvalue weighted by Gasteiger charge is 2.26. The molecule has 0 bridgehead atoms. The first-order chi connectivity index (χ1) is 12.4. The number of ketones is 1. The van der Waals surface area contributed by atoms with Crippen LogP contribution in [0.25, 0.3) is 0 Å². The number of carbonyl (C=O) groups is 3. The molecular formula is C19H29N3O4. The van der Waals surface area contributed by atoms with E-state index in [2.05, 4.69) is 10.2 Å². The number of likely N-dealkylation sites (tertiary alicyclic amines) is 1. The Morgan fingerprint density at radius 1 is 1.38 bits per heavy atom. The predicted octanol–water partition coefficient (Wildman–Crippen LogP) is 1.39. The van der Waals surface area contributed by atoms with Crippen molar-refractivity contribution in [2.24, 2.45) is 11.7 Å². The zero-order valence-corrected chi connectivity index (χ0v) is 15.6. The highest BCUT2D eigenvalue weighted by atomic mass is 16.3. The number of hydrogen-bond acceptors (Lipinski definition) is 5. The first-order valence-electron chi connectivity index (χ1n) is 9.30. The summed E-state index contributed by atoms with van der Waals surface area (Å²) in [4.78, 5) is 37.6. The van der Waals surface area contributed by atoms with Gasteiger partial charge in [0.25, 0.3) is 0 Å². The molecule has 0 saturated carbocycles.